The largest absolute Gasteiger partial charge is 0.373 e. The van der Waals surface area contributed by atoms with Crippen molar-refractivity contribution in [3.63, 3.8) is 0 Å². The van der Waals surface area contributed by atoms with Crippen LogP contribution in [0.15, 0.2) is 0 Å². The molecule has 0 unspecified atom stereocenters. The fraction of sp³-hybridized carbons (Fsp3) is 1.00. The molecule has 0 N–H and O–H groups in total. The molecule has 0 aromatic rings. The van der Waals surface area contributed by atoms with E-state index in [-0.39, 0.29) is 5.60 Å². The molecule has 0 radical (unpaired) electrons. The first-order chi connectivity index (χ1) is 4.10. The molecule has 9 heavy (non-hydrogen) atoms. The molecule has 1 atom stereocenters. The quantitative estimate of drug-likeness (QED) is 0.486. The topological polar surface area (TPSA) is 9.23 Å². The van der Waals surface area contributed by atoms with Gasteiger partial charge < -0.3 is 4.74 Å². The van der Waals surface area contributed by atoms with Crippen LogP contribution in [0.4, 0.5) is 0 Å². The van der Waals surface area contributed by atoms with Gasteiger partial charge >= 0.3 is 0 Å². The minimum atomic E-state index is 0.150. The Morgan fingerprint density at radius 3 is 2.44 bits per heavy atom. The van der Waals surface area contributed by atoms with Crippen LogP contribution in [0.3, 0.4) is 0 Å². The van der Waals surface area contributed by atoms with Crippen molar-refractivity contribution in [2.45, 2.75) is 51.7 Å². The van der Waals surface area contributed by atoms with E-state index in [2.05, 4.69) is 20.8 Å². The van der Waals surface area contributed by atoms with Gasteiger partial charge in [-0.1, -0.05) is 0 Å². The molecule has 1 nitrogen and oxygen atoms in total. The minimum Gasteiger partial charge on any atom is -0.373 e. The molecule has 1 fully saturated rings. The van der Waals surface area contributed by atoms with E-state index in [1.54, 1.807) is 0 Å². The lowest BCUT2D eigenvalue weighted by atomic mass is 9.96. The van der Waals surface area contributed by atoms with Gasteiger partial charge in [0.2, 0.25) is 0 Å². The molecule has 1 saturated heterocycles. The van der Waals surface area contributed by atoms with Gasteiger partial charge in [0.15, 0.2) is 0 Å². The monoisotopic (exact) mass is 128 g/mol. The lowest BCUT2D eigenvalue weighted by molar-refractivity contribution is -0.0979. The average Bonchev–Trinajstić information content (AvgIpc) is 1.60. The van der Waals surface area contributed by atoms with Crippen LogP contribution in [-0.4, -0.2) is 11.7 Å². The summed E-state index contributed by atoms with van der Waals surface area (Å²) in [6.07, 6.45) is 4.27. The molecule has 0 spiro atoms. The second kappa shape index (κ2) is 2.30. The van der Waals surface area contributed by atoms with Gasteiger partial charge in [-0.2, -0.15) is 0 Å². The van der Waals surface area contributed by atoms with E-state index in [9.17, 15) is 0 Å². The van der Waals surface area contributed by atoms with E-state index in [1.807, 2.05) is 0 Å². The molecule has 0 amide bonds. The van der Waals surface area contributed by atoms with Gasteiger partial charge in [-0.15, -0.1) is 0 Å². The second-order valence-corrected chi connectivity index (χ2v) is 3.58. The zero-order chi connectivity index (χ0) is 6.91. The third-order valence-electron chi connectivity index (χ3n) is 1.91. The molecule has 54 valence electrons. The molecule has 1 heteroatoms. The summed E-state index contributed by atoms with van der Waals surface area (Å²) in [6, 6.07) is 0. The maximum Gasteiger partial charge on any atom is 0.0630 e. The van der Waals surface area contributed by atoms with Crippen LogP contribution in [0.5, 0.6) is 0 Å². The molecule has 0 bridgehead atoms. The van der Waals surface area contributed by atoms with Crippen LogP contribution in [-0.2, 0) is 4.74 Å². The Kier molecular flexibility index (Phi) is 1.80. The van der Waals surface area contributed by atoms with Crippen molar-refractivity contribution in [2.24, 2.45) is 0 Å². The van der Waals surface area contributed by atoms with E-state index >= 15 is 0 Å². The summed E-state index contributed by atoms with van der Waals surface area (Å²) in [4.78, 5) is 0. The van der Waals surface area contributed by atoms with Crippen molar-refractivity contribution in [3.8, 4) is 0 Å². The standard InChI is InChI=1S/C8H16O/c1-7-5-4-6-8(2,3)9-7/h7H,4-6H2,1-3H3/t7-/m1/s1. The Labute approximate surface area is 57.4 Å². The molecule has 0 saturated carbocycles. The number of rotatable bonds is 0. The Hall–Kier alpha value is -0.0400. The Morgan fingerprint density at radius 1 is 1.44 bits per heavy atom. The summed E-state index contributed by atoms with van der Waals surface area (Å²) in [5, 5.41) is 0. The highest BCUT2D eigenvalue weighted by Crippen LogP contribution is 2.27. The molecule has 1 heterocycles. The van der Waals surface area contributed by atoms with Crippen LogP contribution >= 0.6 is 0 Å². The Balaban J connectivity index is 2.41. The van der Waals surface area contributed by atoms with Gasteiger partial charge in [0.25, 0.3) is 0 Å². The zero-order valence-corrected chi connectivity index (χ0v) is 6.61. The highest BCUT2D eigenvalue weighted by molar-refractivity contribution is 4.75. The summed E-state index contributed by atoms with van der Waals surface area (Å²) >= 11 is 0. The molecule has 1 aliphatic heterocycles. The summed E-state index contributed by atoms with van der Waals surface area (Å²) < 4.78 is 5.67. The number of ether oxygens (including phenoxy) is 1. The van der Waals surface area contributed by atoms with E-state index in [1.165, 1.54) is 19.3 Å². The highest BCUT2D eigenvalue weighted by atomic mass is 16.5. The molecular weight excluding hydrogens is 112 g/mol. The Morgan fingerprint density at radius 2 is 2.11 bits per heavy atom. The molecule has 1 rings (SSSR count). The van der Waals surface area contributed by atoms with Crippen molar-refractivity contribution >= 4 is 0 Å². The molecule has 0 aliphatic carbocycles. The Bertz CT molecular complexity index is 96.7. The van der Waals surface area contributed by atoms with Gasteiger partial charge in [-0.3, -0.25) is 0 Å². The summed E-state index contributed by atoms with van der Waals surface area (Å²) in [6.45, 7) is 6.49. The number of hydrogen-bond donors (Lipinski definition) is 0. The van der Waals surface area contributed by atoms with E-state index < -0.39 is 0 Å². The third-order valence-corrected chi connectivity index (χ3v) is 1.91. The zero-order valence-electron chi connectivity index (χ0n) is 6.61. The fourth-order valence-electron chi connectivity index (χ4n) is 1.48. The van der Waals surface area contributed by atoms with Gasteiger partial charge in [-0.25, -0.2) is 0 Å². The maximum atomic E-state index is 5.67. The van der Waals surface area contributed by atoms with Crippen molar-refractivity contribution in [2.75, 3.05) is 0 Å². The average molecular weight is 128 g/mol. The summed E-state index contributed by atoms with van der Waals surface area (Å²) in [7, 11) is 0. The van der Waals surface area contributed by atoms with Gasteiger partial charge in [0.05, 0.1) is 11.7 Å². The SMILES string of the molecule is C[C@@H]1CCCC(C)(C)O1. The lowest BCUT2D eigenvalue weighted by Gasteiger charge is -2.34. The van der Waals surface area contributed by atoms with Crippen LogP contribution in [0.2, 0.25) is 0 Å². The fourth-order valence-corrected chi connectivity index (χ4v) is 1.48. The van der Waals surface area contributed by atoms with Gasteiger partial charge in [0, 0.05) is 0 Å². The third kappa shape index (κ3) is 1.98. The van der Waals surface area contributed by atoms with E-state index in [0.29, 0.717) is 6.10 Å². The smallest absolute Gasteiger partial charge is 0.0630 e. The van der Waals surface area contributed by atoms with E-state index in [4.69, 9.17) is 4.74 Å². The second-order valence-electron chi connectivity index (χ2n) is 3.58. The first-order valence-corrected chi connectivity index (χ1v) is 3.78. The first-order valence-electron chi connectivity index (χ1n) is 3.78. The van der Waals surface area contributed by atoms with Crippen LogP contribution < -0.4 is 0 Å². The molecule has 0 aromatic heterocycles. The van der Waals surface area contributed by atoms with Gasteiger partial charge in [0.1, 0.15) is 0 Å². The van der Waals surface area contributed by atoms with Crippen LogP contribution in [0, 0.1) is 0 Å². The van der Waals surface area contributed by atoms with Crippen molar-refractivity contribution < 1.29 is 4.74 Å². The molecular formula is C8H16O. The van der Waals surface area contributed by atoms with Crippen LogP contribution in [0.25, 0.3) is 0 Å². The highest BCUT2D eigenvalue weighted by Gasteiger charge is 2.25. The van der Waals surface area contributed by atoms with Gasteiger partial charge in [-0.05, 0) is 40.0 Å². The lowest BCUT2D eigenvalue weighted by Crippen LogP contribution is -2.33. The van der Waals surface area contributed by atoms with Crippen molar-refractivity contribution in [1.29, 1.82) is 0 Å². The minimum absolute atomic E-state index is 0.150. The van der Waals surface area contributed by atoms with E-state index in [0.717, 1.165) is 0 Å². The number of hydrogen-bond acceptors (Lipinski definition) is 1. The molecule has 0 aromatic carbocycles. The predicted molar refractivity (Wildman–Crippen MR) is 38.5 cm³/mol. The van der Waals surface area contributed by atoms with Crippen molar-refractivity contribution in [3.05, 3.63) is 0 Å². The normalized spacial score (nSPS) is 34.3. The summed E-state index contributed by atoms with van der Waals surface area (Å²) in [5.41, 5.74) is 0.150. The van der Waals surface area contributed by atoms with Crippen LogP contribution in [0.1, 0.15) is 40.0 Å². The molecule has 1 aliphatic rings. The van der Waals surface area contributed by atoms with Crippen molar-refractivity contribution in [1.82, 2.24) is 0 Å². The maximum absolute atomic E-state index is 5.67. The summed E-state index contributed by atoms with van der Waals surface area (Å²) in [5.74, 6) is 0. The first kappa shape index (κ1) is 7.07. The predicted octanol–water partition coefficient (Wildman–Crippen LogP) is 2.35.